The van der Waals surface area contributed by atoms with E-state index in [2.05, 4.69) is 12.6 Å². The molecule has 0 aromatic rings. The van der Waals surface area contributed by atoms with E-state index in [1.165, 1.54) is 0 Å². The standard InChI is InChI=1S/C5H9NO4S/c6-4(5(9)10)2(11)1-3(7)8/h2,4,11H,1,6H2,(H,7,8)(H,9,10)/t2?,4-/m1/s1. The summed E-state index contributed by atoms with van der Waals surface area (Å²) in [4.78, 5) is 20.2. The fourth-order valence-electron chi connectivity index (χ4n) is 0.470. The lowest BCUT2D eigenvalue weighted by Gasteiger charge is -2.11. The number of rotatable bonds is 4. The lowest BCUT2D eigenvalue weighted by molar-refractivity contribution is -0.139. The normalized spacial score (nSPS) is 15.5. The van der Waals surface area contributed by atoms with Crippen molar-refractivity contribution in [3.05, 3.63) is 0 Å². The van der Waals surface area contributed by atoms with Gasteiger partial charge in [0.25, 0.3) is 0 Å². The van der Waals surface area contributed by atoms with Gasteiger partial charge in [-0.1, -0.05) is 0 Å². The Balaban J connectivity index is 3.92. The third kappa shape index (κ3) is 3.84. The van der Waals surface area contributed by atoms with Gasteiger partial charge in [-0.2, -0.15) is 12.6 Å². The quantitative estimate of drug-likeness (QED) is 0.422. The number of aliphatic carboxylic acids is 2. The third-order valence-electron chi connectivity index (χ3n) is 1.08. The van der Waals surface area contributed by atoms with Crippen LogP contribution >= 0.6 is 12.6 Å². The molecule has 0 radical (unpaired) electrons. The van der Waals surface area contributed by atoms with Gasteiger partial charge in [0.1, 0.15) is 6.04 Å². The molecule has 2 atom stereocenters. The molecule has 0 aromatic carbocycles. The Labute approximate surface area is 68.6 Å². The van der Waals surface area contributed by atoms with Crippen LogP contribution in [0.25, 0.3) is 0 Å². The van der Waals surface area contributed by atoms with Gasteiger partial charge < -0.3 is 15.9 Å². The molecule has 64 valence electrons. The molecule has 4 N–H and O–H groups in total. The predicted octanol–water partition coefficient (Wildman–Crippen LogP) is -0.829. The van der Waals surface area contributed by atoms with E-state index in [9.17, 15) is 9.59 Å². The van der Waals surface area contributed by atoms with Crippen LogP contribution in [-0.2, 0) is 9.59 Å². The number of nitrogens with two attached hydrogens (primary N) is 1. The molecule has 11 heavy (non-hydrogen) atoms. The van der Waals surface area contributed by atoms with Crippen LogP contribution in [0.1, 0.15) is 6.42 Å². The van der Waals surface area contributed by atoms with E-state index in [0.717, 1.165) is 0 Å². The molecule has 1 unspecified atom stereocenters. The summed E-state index contributed by atoms with van der Waals surface area (Å²) < 4.78 is 0. The molecule has 0 fully saturated rings. The summed E-state index contributed by atoms with van der Waals surface area (Å²) >= 11 is 3.72. The molecule has 0 amide bonds. The second-order valence-electron chi connectivity index (χ2n) is 2.03. The van der Waals surface area contributed by atoms with Gasteiger partial charge in [0.15, 0.2) is 0 Å². The molecule has 0 rings (SSSR count). The van der Waals surface area contributed by atoms with Gasteiger partial charge in [0.05, 0.1) is 6.42 Å². The van der Waals surface area contributed by atoms with E-state index in [-0.39, 0.29) is 6.42 Å². The lowest BCUT2D eigenvalue weighted by Crippen LogP contribution is -2.39. The minimum atomic E-state index is -1.24. The van der Waals surface area contributed by atoms with Crippen molar-refractivity contribution >= 4 is 24.6 Å². The van der Waals surface area contributed by atoms with E-state index in [1.54, 1.807) is 0 Å². The Bertz CT molecular complexity index is 172. The summed E-state index contributed by atoms with van der Waals surface area (Å²) in [5.74, 6) is -2.35. The summed E-state index contributed by atoms with van der Waals surface area (Å²) in [5, 5.41) is 15.7. The summed E-state index contributed by atoms with van der Waals surface area (Å²) in [7, 11) is 0. The van der Waals surface area contributed by atoms with Crippen LogP contribution in [0.3, 0.4) is 0 Å². The van der Waals surface area contributed by atoms with E-state index in [4.69, 9.17) is 15.9 Å². The molecule has 0 aliphatic heterocycles. The highest BCUT2D eigenvalue weighted by molar-refractivity contribution is 7.81. The lowest BCUT2D eigenvalue weighted by atomic mass is 10.1. The molecular formula is C5H9NO4S. The Morgan fingerprint density at radius 1 is 1.45 bits per heavy atom. The van der Waals surface area contributed by atoms with Crippen LogP contribution in [0.2, 0.25) is 0 Å². The largest absolute Gasteiger partial charge is 0.481 e. The van der Waals surface area contributed by atoms with Crippen molar-refractivity contribution in [2.45, 2.75) is 17.7 Å². The molecule has 0 saturated carbocycles. The van der Waals surface area contributed by atoms with Crippen LogP contribution in [0, 0.1) is 0 Å². The molecule has 0 aliphatic rings. The first-order valence-corrected chi connectivity index (χ1v) is 3.35. The summed E-state index contributed by atoms with van der Waals surface area (Å²) in [6.45, 7) is 0. The van der Waals surface area contributed by atoms with Gasteiger partial charge in [-0.25, -0.2) is 0 Å². The monoisotopic (exact) mass is 179 g/mol. The van der Waals surface area contributed by atoms with Crippen molar-refractivity contribution in [1.82, 2.24) is 0 Å². The number of hydrogen-bond acceptors (Lipinski definition) is 4. The maximum atomic E-state index is 10.2. The third-order valence-corrected chi connectivity index (χ3v) is 1.59. The smallest absolute Gasteiger partial charge is 0.321 e. The van der Waals surface area contributed by atoms with Crippen molar-refractivity contribution < 1.29 is 19.8 Å². The van der Waals surface area contributed by atoms with Crippen LogP contribution in [-0.4, -0.2) is 33.4 Å². The average Bonchev–Trinajstić information content (AvgIpc) is 1.84. The van der Waals surface area contributed by atoms with Crippen molar-refractivity contribution in [2.24, 2.45) is 5.73 Å². The first-order chi connectivity index (χ1) is 4.95. The Hall–Kier alpha value is -0.750. The molecule has 0 spiro atoms. The zero-order valence-electron chi connectivity index (χ0n) is 5.60. The fraction of sp³-hybridized carbons (Fsp3) is 0.600. The first kappa shape index (κ1) is 10.2. The van der Waals surface area contributed by atoms with Gasteiger partial charge in [-0.05, 0) is 0 Å². The molecular weight excluding hydrogens is 170 g/mol. The highest BCUT2D eigenvalue weighted by Gasteiger charge is 2.22. The number of carbonyl (C=O) groups is 2. The SMILES string of the molecule is N[C@@H](C(=O)O)C(S)CC(=O)O. The van der Waals surface area contributed by atoms with Gasteiger partial charge in [0.2, 0.25) is 0 Å². The number of carboxylic acid groups (broad SMARTS) is 2. The van der Waals surface area contributed by atoms with Crippen molar-refractivity contribution in [3.8, 4) is 0 Å². The van der Waals surface area contributed by atoms with Gasteiger partial charge in [0, 0.05) is 5.25 Å². The van der Waals surface area contributed by atoms with E-state index in [1.807, 2.05) is 0 Å². The summed E-state index contributed by atoms with van der Waals surface area (Å²) in [6.07, 6.45) is -0.351. The van der Waals surface area contributed by atoms with Crippen LogP contribution < -0.4 is 5.73 Å². The van der Waals surface area contributed by atoms with Gasteiger partial charge in [-0.15, -0.1) is 0 Å². The zero-order valence-corrected chi connectivity index (χ0v) is 6.49. The van der Waals surface area contributed by atoms with E-state index >= 15 is 0 Å². The van der Waals surface area contributed by atoms with Crippen molar-refractivity contribution in [2.75, 3.05) is 0 Å². The van der Waals surface area contributed by atoms with Crippen LogP contribution in [0.15, 0.2) is 0 Å². The number of thiol groups is 1. The number of hydrogen-bond donors (Lipinski definition) is 4. The van der Waals surface area contributed by atoms with E-state index < -0.39 is 23.2 Å². The summed E-state index contributed by atoms with van der Waals surface area (Å²) in [5.41, 5.74) is 5.07. The Morgan fingerprint density at radius 3 is 2.18 bits per heavy atom. The fourth-order valence-corrected chi connectivity index (χ4v) is 0.754. The average molecular weight is 179 g/mol. The highest BCUT2D eigenvalue weighted by atomic mass is 32.1. The minimum absolute atomic E-state index is 0.351. The second kappa shape index (κ2) is 4.20. The van der Waals surface area contributed by atoms with Crippen LogP contribution in [0.4, 0.5) is 0 Å². The van der Waals surface area contributed by atoms with Crippen molar-refractivity contribution in [1.29, 1.82) is 0 Å². The number of carboxylic acids is 2. The Morgan fingerprint density at radius 2 is 1.91 bits per heavy atom. The predicted molar refractivity (Wildman–Crippen MR) is 40.6 cm³/mol. The van der Waals surface area contributed by atoms with Crippen molar-refractivity contribution in [3.63, 3.8) is 0 Å². The zero-order chi connectivity index (χ0) is 9.02. The summed E-state index contributed by atoms with van der Waals surface area (Å²) in [6, 6.07) is -1.23. The molecule has 0 heterocycles. The molecule has 0 saturated heterocycles. The minimum Gasteiger partial charge on any atom is -0.481 e. The van der Waals surface area contributed by atoms with Gasteiger partial charge in [-0.3, -0.25) is 9.59 Å². The van der Waals surface area contributed by atoms with Gasteiger partial charge >= 0.3 is 11.9 Å². The molecule has 0 bridgehead atoms. The maximum Gasteiger partial charge on any atom is 0.321 e. The molecule has 6 heteroatoms. The Kier molecular flexibility index (Phi) is 3.91. The first-order valence-electron chi connectivity index (χ1n) is 2.83. The van der Waals surface area contributed by atoms with Crippen LogP contribution in [0.5, 0.6) is 0 Å². The molecule has 0 aliphatic carbocycles. The van der Waals surface area contributed by atoms with E-state index in [0.29, 0.717) is 0 Å². The molecule has 0 aromatic heterocycles. The maximum absolute atomic E-state index is 10.2. The second-order valence-corrected chi connectivity index (χ2v) is 2.69. The molecule has 5 nitrogen and oxygen atoms in total. The topological polar surface area (TPSA) is 101 Å². The highest BCUT2D eigenvalue weighted by Crippen LogP contribution is 2.05.